The SMILES string of the molecule is C[C@@H]1CN(C(=O)CC2CSCCS2)CC(C(=O)O)O1. The zero-order chi connectivity index (χ0) is 13.8. The van der Waals surface area contributed by atoms with E-state index in [1.165, 1.54) is 0 Å². The average molecular weight is 305 g/mol. The second-order valence-corrected chi connectivity index (χ2v) is 7.40. The van der Waals surface area contributed by atoms with Crippen LogP contribution in [0.15, 0.2) is 0 Å². The molecular formula is C12H19NO4S2. The molecule has 0 spiro atoms. The molecule has 0 aromatic rings. The van der Waals surface area contributed by atoms with Gasteiger partial charge in [-0.25, -0.2) is 4.79 Å². The highest BCUT2D eigenvalue weighted by atomic mass is 32.2. The Labute approximate surface area is 121 Å². The van der Waals surface area contributed by atoms with Crippen LogP contribution in [-0.4, -0.2) is 69.7 Å². The molecule has 0 aromatic heterocycles. The first-order valence-electron chi connectivity index (χ1n) is 6.41. The minimum Gasteiger partial charge on any atom is -0.479 e. The lowest BCUT2D eigenvalue weighted by atomic mass is 10.2. The van der Waals surface area contributed by atoms with Gasteiger partial charge in [-0.05, 0) is 6.92 Å². The van der Waals surface area contributed by atoms with Crippen molar-refractivity contribution in [1.82, 2.24) is 4.90 Å². The highest BCUT2D eigenvalue weighted by Gasteiger charge is 2.33. The smallest absolute Gasteiger partial charge is 0.334 e. The van der Waals surface area contributed by atoms with Crippen LogP contribution in [0.1, 0.15) is 13.3 Å². The Morgan fingerprint density at radius 1 is 1.37 bits per heavy atom. The number of morpholine rings is 1. The van der Waals surface area contributed by atoms with Crippen LogP contribution < -0.4 is 0 Å². The van der Waals surface area contributed by atoms with E-state index in [4.69, 9.17) is 9.84 Å². The summed E-state index contributed by atoms with van der Waals surface area (Å²) in [6.45, 7) is 2.47. The summed E-state index contributed by atoms with van der Waals surface area (Å²) in [5, 5.41) is 9.37. The molecule has 2 aliphatic rings. The number of carbonyl (C=O) groups excluding carboxylic acids is 1. The van der Waals surface area contributed by atoms with Gasteiger partial charge >= 0.3 is 5.97 Å². The third-order valence-corrected chi connectivity index (χ3v) is 6.02. The zero-order valence-electron chi connectivity index (χ0n) is 10.9. The Balaban J connectivity index is 1.88. The summed E-state index contributed by atoms with van der Waals surface area (Å²) in [6, 6.07) is 0. The molecule has 0 saturated carbocycles. The third kappa shape index (κ3) is 4.29. The molecule has 2 unspecified atom stereocenters. The fraction of sp³-hybridized carbons (Fsp3) is 0.833. The van der Waals surface area contributed by atoms with Gasteiger partial charge in [-0.1, -0.05) is 0 Å². The molecule has 7 heteroatoms. The fourth-order valence-corrected chi connectivity index (χ4v) is 4.94. The molecule has 2 saturated heterocycles. The molecule has 2 heterocycles. The Kier molecular flexibility index (Phi) is 5.41. The summed E-state index contributed by atoms with van der Waals surface area (Å²) in [7, 11) is 0. The van der Waals surface area contributed by atoms with E-state index < -0.39 is 12.1 Å². The molecular weight excluding hydrogens is 286 g/mol. The number of ether oxygens (including phenoxy) is 1. The Bertz CT molecular complexity index is 347. The van der Waals surface area contributed by atoms with Gasteiger partial charge in [0.1, 0.15) is 0 Å². The second kappa shape index (κ2) is 6.85. The summed E-state index contributed by atoms with van der Waals surface area (Å²) in [5.41, 5.74) is 0. The van der Waals surface area contributed by atoms with Crippen LogP contribution in [0.4, 0.5) is 0 Å². The van der Waals surface area contributed by atoms with Crippen LogP contribution in [0, 0.1) is 0 Å². The number of aliphatic carboxylic acids is 1. The van der Waals surface area contributed by atoms with Crippen molar-refractivity contribution >= 4 is 35.4 Å². The normalized spacial score (nSPS) is 32.1. The largest absolute Gasteiger partial charge is 0.479 e. The van der Waals surface area contributed by atoms with E-state index in [1.54, 1.807) is 11.8 Å². The minimum atomic E-state index is -0.994. The molecule has 1 amide bonds. The first-order chi connectivity index (χ1) is 9.06. The highest BCUT2D eigenvalue weighted by molar-refractivity contribution is 8.06. The zero-order valence-corrected chi connectivity index (χ0v) is 12.5. The van der Waals surface area contributed by atoms with E-state index in [1.807, 2.05) is 23.5 Å². The summed E-state index contributed by atoms with van der Waals surface area (Å²) in [4.78, 5) is 24.9. The standard InChI is InChI=1S/C12H19NO4S2/c1-8-5-13(6-10(17-8)12(15)16)11(14)4-9-7-18-2-3-19-9/h8-10H,2-7H2,1H3,(H,15,16)/t8-,9?,10?/m1/s1. The third-order valence-electron chi connectivity index (χ3n) is 3.18. The monoisotopic (exact) mass is 305 g/mol. The summed E-state index contributed by atoms with van der Waals surface area (Å²) >= 11 is 3.73. The maximum Gasteiger partial charge on any atom is 0.334 e. The van der Waals surface area contributed by atoms with Gasteiger partial charge in [-0.2, -0.15) is 23.5 Å². The van der Waals surface area contributed by atoms with Crippen molar-refractivity contribution in [2.75, 3.05) is 30.3 Å². The van der Waals surface area contributed by atoms with Crippen molar-refractivity contribution in [2.24, 2.45) is 0 Å². The van der Waals surface area contributed by atoms with E-state index in [2.05, 4.69) is 0 Å². The predicted octanol–water partition coefficient (Wildman–Crippen LogP) is 0.926. The van der Waals surface area contributed by atoms with Crippen LogP contribution in [-0.2, 0) is 14.3 Å². The molecule has 0 bridgehead atoms. The van der Waals surface area contributed by atoms with Crippen molar-refractivity contribution in [2.45, 2.75) is 30.8 Å². The molecule has 5 nitrogen and oxygen atoms in total. The molecule has 0 aliphatic carbocycles. The molecule has 0 aromatic carbocycles. The number of nitrogens with zero attached hydrogens (tertiary/aromatic N) is 1. The fourth-order valence-electron chi connectivity index (χ4n) is 2.27. The van der Waals surface area contributed by atoms with Crippen LogP contribution in [0.5, 0.6) is 0 Å². The molecule has 19 heavy (non-hydrogen) atoms. The van der Waals surface area contributed by atoms with Crippen molar-refractivity contribution in [1.29, 1.82) is 0 Å². The van der Waals surface area contributed by atoms with Gasteiger partial charge in [0, 0.05) is 35.5 Å². The summed E-state index contributed by atoms with van der Waals surface area (Å²) in [5.74, 6) is 2.33. The van der Waals surface area contributed by atoms with Gasteiger partial charge in [-0.15, -0.1) is 0 Å². The van der Waals surface area contributed by atoms with Gasteiger partial charge in [0.05, 0.1) is 12.6 Å². The maximum atomic E-state index is 12.2. The number of carbonyl (C=O) groups is 2. The number of hydrogen-bond donors (Lipinski definition) is 1. The number of thioether (sulfide) groups is 2. The average Bonchev–Trinajstić information content (AvgIpc) is 2.39. The van der Waals surface area contributed by atoms with Gasteiger partial charge in [0.15, 0.2) is 6.10 Å². The molecule has 108 valence electrons. The topological polar surface area (TPSA) is 66.8 Å². The number of hydrogen-bond acceptors (Lipinski definition) is 5. The summed E-state index contributed by atoms with van der Waals surface area (Å²) in [6.07, 6.45) is -0.593. The molecule has 2 rings (SSSR count). The number of carboxylic acid groups (broad SMARTS) is 1. The number of rotatable bonds is 3. The Morgan fingerprint density at radius 2 is 2.16 bits per heavy atom. The van der Waals surface area contributed by atoms with Gasteiger partial charge in [-0.3, -0.25) is 4.79 Å². The Morgan fingerprint density at radius 3 is 2.79 bits per heavy atom. The number of carboxylic acids is 1. The first kappa shape index (κ1) is 15.0. The van der Waals surface area contributed by atoms with Gasteiger partial charge in [0.2, 0.25) is 5.91 Å². The Hall–Kier alpha value is -0.400. The quantitative estimate of drug-likeness (QED) is 0.836. The van der Waals surface area contributed by atoms with Crippen molar-refractivity contribution in [3.63, 3.8) is 0 Å². The lowest BCUT2D eigenvalue weighted by molar-refractivity contribution is -0.166. The van der Waals surface area contributed by atoms with E-state index in [0.29, 0.717) is 18.2 Å². The lowest BCUT2D eigenvalue weighted by Gasteiger charge is -2.35. The van der Waals surface area contributed by atoms with Gasteiger partial charge < -0.3 is 14.7 Å². The second-order valence-electron chi connectivity index (χ2n) is 4.84. The van der Waals surface area contributed by atoms with Crippen molar-refractivity contribution < 1.29 is 19.4 Å². The predicted molar refractivity (Wildman–Crippen MR) is 76.7 cm³/mol. The summed E-state index contributed by atoms with van der Waals surface area (Å²) < 4.78 is 5.32. The minimum absolute atomic E-state index is 0.0569. The first-order valence-corrected chi connectivity index (χ1v) is 8.62. The molecule has 3 atom stereocenters. The molecule has 2 fully saturated rings. The number of amides is 1. The van der Waals surface area contributed by atoms with Crippen LogP contribution >= 0.6 is 23.5 Å². The van der Waals surface area contributed by atoms with Crippen LogP contribution in [0.3, 0.4) is 0 Å². The van der Waals surface area contributed by atoms with Crippen molar-refractivity contribution in [3.8, 4) is 0 Å². The highest BCUT2D eigenvalue weighted by Crippen LogP contribution is 2.27. The van der Waals surface area contributed by atoms with E-state index >= 15 is 0 Å². The van der Waals surface area contributed by atoms with Crippen molar-refractivity contribution in [3.05, 3.63) is 0 Å². The maximum absolute atomic E-state index is 12.2. The van der Waals surface area contributed by atoms with Crippen LogP contribution in [0.2, 0.25) is 0 Å². The van der Waals surface area contributed by atoms with E-state index in [-0.39, 0.29) is 18.6 Å². The van der Waals surface area contributed by atoms with E-state index in [0.717, 1.165) is 17.3 Å². The van der Waals surface area contributed by atoms with E-state index in [9.17, 15) is 9.59 Å². The lowest BCUT2D eigenvalue weighted by Crippen LogP contribution is -2.52. The molecule has 2 aliphatic heterocycles. The van der Waals surface area contributed by atoms with Gasteiger partial charge in [0.25, 0.3) is 0 Å². The molecule has 1 N–H and O–H groups in total. The molecule has 0 radical (unpaired) electrons. The van der Waals surface area contributed by atoms with Crippen LogP contribution in [0.25, 0.3) is 0 Å².